The van der Waals surface area contributed by atoms with Gasteiger partial charge in [0.1, 0.15) is 5.69 Å². The largest absolute Gasteiger partial charge is 0.379 e. The Balaban J connectivity index is 1.57. The van der Waals surface area contributed by atoms with E-state index in [1.807, 2.05) is 4.57 Å². The lowest BCUT2D eigenvalue weighted by atomic mass is 10.2. The normalized spacial score (nSPS) is 15.2. The smallest absolute Gasteiger partial charge is 0.269 e. The van der Waals surface area contributed by atoms with Gasteiger partial charge in [-0.1, -0.05) is 12.1 Å². The van der Waals surface area contributed by atoms with Crippen LogP contribution >= 0.6 is 0 Å². The van der Waals surface area contributed by atoms with Gasteiger partial charge in [0.05, 0.1) is 34.5 Å². The van der Waals surface area contributed by atoms with Crippen LogP contribution in [0.15, 0.2) is 53.7 Å². The Bertz CT molecular complexity index is 1130. The van der Waals surface area contributed by atoms with Crippen LogP contribution in [0.1, 0.15) is 5.56 Å². The topological polar surface area (TPSA) is 123 Å². The predicted octanol–water partition coefficient (Wildman–Crippen LogP) is 2.09. The average molecular weight is 446 g/mol. The highest BCUT2D eigenvalue weighted by molar-refractivity contribution is 7.90. The summed E-state index contributed by atoms with van der Waals surface area (Å²) in [7, 11) is -3.64. The fraction of sp³-hybridized carbons (Fsp3) is 0.350. The van der Waals surface area contributed by atoms with Gasteiger partial charge in [-0.3, -0.25) is 20.1 Å². The quantitative estimate of drug-likeness (QED) is 0.416. The molecular weight excluding hydrogens is 422 g/mol. The van der Waals surface area contributed by atoms with Crippen LogP contribution in [0.3, 0.4) is 0 Å². The number of non-ortho nitro benzene ring substituents is 1. The van der Waals surface area contributed by atoms with Gasteiger partial charge in [-0.05, 0) is 17.7 Å². The third kappa shape index (κ3) is 5.01. The second-order valence-corrected chi connectivity index (χ2v) is 9.34. The molecule has 1 aliphatic rings. The Morgan fingerprint density at radius 1 is 1.13 bits per heavy atom. The molecule has 1 aliphatic heterocycles. The molecule has 31 heavy (non-hydrogen) atoms. The molecule has 1 aromatic carbocycles. The number of nitro groups is 1. The van der Waals surface area contributed by atoms with Crippen molar-refractivity contribution >= 4 is 15.5 Å². The van der Waals surface area contributed by atoms with E-state index in [1.165, 1.54) is 24.3 Å². The third-order valence-electron chi connectivity index (χ3n) is 5.26. The van der Waals surface area contributed by atoms with Gasteiger partial charge >= 0.3 is 0 Å². The molecule has 1 saturated heterocycles. The van der Waals surface area contributed by atoms with Crippen molar-refractivity contribution in [1.29, 1.82) is 0 Å². The van der Waals surface area contributed by atoms with Gasteiger partial charge in [-0.2, -0.15) is 5.10 Å². The van der Waals surface area contributed by atoms with Crippen molar-refractivity contribution in [3.05, 3.63) is 64.5 Å². The number of morpholine rings is 1. The number of ether oxygens (including phenoxy) is 1. The zero-order valence-corrected chi connectivity index (χ0v) is 17.6. The van der Waals surface area contributed by atoms with E-state index >= 15 is 0 Å². The lowest BCUT2D eigenvalue weighted by Crippen LogP contribution is -2.38. The van der Waals surface area contributed by atoms with Gasteiger partial charge < -0.3 is 9.30 Å². The van der Waals surface area contributed by atoms with E-state index in [2.05, 4.69) is 15.1 Å². The molecule has 1 N–H and O–H groups in total. The summed E-state index contributed by atoms with van der Waals surface area (Å²) in [6.45, 7) is 4.50. The number of aromatic nitrogens is 3. The minimum atomic E-state index is -3.64. The molecule has 0 amide bonds. The van der Waals surface area contributed by atoms with Crippen LogP contribution in [0.5, 0.6) is 0 Å². The van der Waals surface area contributed by atoms with Crippen molar-refractivity contribution in [2.24, 2.45) is 0 Å². The SMILES string of the molecule is O=[N+]([O-])c1ccc(CS(=O)(=O)c2cc(-c3cc[nH]n3)n(CCN3CCOCC3)c2)cc1. The minimum absolute atomic E-state index is 0.0729. The van der Waals surface area contributed by atoms with E-state index < -0.39 is 14.8 Å². The van der Waals surface area contributed by atoms with E-state index in [-0.39, 0.29) is 16.3 Å². The summed E-state index contributed by atoms with van der Waals surface area (Å²) < 4.78 is 33.4. The van der Waals surface area contributed by atoms with Gasteiger partial charge in [-0.25, -0.2) is 8.42 Å². The van der Waals surface area contributed by atoms with E-state index in [9.17, 15) is 18.5 Å². The molecule has 10 nitrogen and oxygen atoms in total. The first-order valence-electron chi connectivity index (χ1n) is 9.89. The molecular formula is C20H23N5O5S. The van der Waals surface area contributed by atoms with E-state index in [0.717, 1.165) is 25.3 Å². The van der Waals surface area contributed by atoms with Crippen LogP contribution < -0.4 is 0 Å². The van der Waals surface area contributed by atoms with Gasteiger partial charge in [0.25, 0.3) is 5.69 Å². The maximum Gasteiger partial charge on any atom is 0.269 e. The van der Waals surface area contributed by atoms with Crippen LogP contribution in [-0.4, -0.2) is 65.9 Å². The second-order valence-electron chi connectivity index (χ2n) is 7.35. The molecule has 0 bridgehead atoms. The number of nitro benzene ring substituents is 1. The number of nitrogens with one attached hydrogen (secondary N) is 1. The number of H-pyrrole nitrogens is 1. The van der Waals surface area contributed by atoms with Crippen molar-refractivity contribution < 1.29 is 18.1 Å². The lowest BCUT2D eigenvalue weighted by Gasteiger charge is -2.26. The highest BCUT2D eigenvalue weighted by Gasteiger charge is 2.22. The maximum atomic E-state index is 13.1. The number of sulfone groups is 1. The monoisotopic (exact) mass is 445 g/mol. The average Bonchev–Trinajstić information content (AvgIpc) is 3.43. The first-order chi connectivity index (χ1) is 14.9. The molecule has 0 atom stereocenters. The Morgan fingerprint density at radius 2 is 1.87 bits per heavy atom. The second kappa shape index (κ2) is 9.00. The van der Waals surface area contributed by atoms with E-state index in [0.29, 0.717) is 31.0 Å². The van der Waals surface area contributed by atoms with Crippen LogP contribution in [-0.2, 0) is 26.9 Å². The lowest BCUT2D eigenvalue weighted by molar-refractivity contribution is -0.384. The fourth-order valence-electron chi connectivity index (χ4n) is 3.55. The summed E-state index contributed by atoms with van der Waals surface area (Å²) >= 11 is 0. The van der Waals surface area contributed by atoms with E-state index in [1.54, 1.807) is 24.5 Å². The van der Waals surface area contributed by atoms with Crippen molar-refractivity contribution in [3.63, 3.8) is 0 Å². The summed E-state index contributed by atoms with van der Waals surface area (Å²) in [5.41, 5.74) is 1.81. The zero-order chi connectivity index (χ0) is 21.8. The molecule has 0 spiro atoms. The van der Waals surface area contributed by atoms with Crippen LogP contribution in [0.2, 0.25) is 0 Å². The highest BCUT2D eigenvalue weighted by atomic mass is 32.2. The first-order valence-corrected chi connectivity index (χ1v) is 11.5. The zero-order valence-electron chi connectivity index (χ0n) is 16.8. The predicted molar refractivity (Wildman–Crippen MR) is 113 cm³/mol. The summed E-state index contributed by atoms with van der Waals surface area (Å²) in [5.74, 6) is -0.238. The van der Waals surface area contributed by atoms with Gasteiger partial charge in [0, 0.05) is 50.7 Å². The van der Waals surface area contributed by atoms with Crippen LogP contribution in [0.4, 0.5) is 5.69 Å². The first kappa shape index (κ1) is 21.2. The number of hydrogen-bond donors (Lipinski definition) is 1. The summed E-state index contributed by atoms with van der Waals surface area (Å²) in [5, 5.41) is 17.8. The molecule has 3 heterocycles. The van der Waals surface area contributed by atoms with Gasteiger partial charge in [-0.15, -0.1) is 0 Å². The summed E-state index contributed by atoms with van der Waals surface area (Å²) in [6, 6.07) is 9.00. The number of nitrogens with zero attached hydrogens (tertiary/aromatic N) is 4. The Morgan fingerprint density at radius 3 is 2.52 bits per heavy atom. The Hall–Kier alpha value is -3.02. The molecule has 0 unspecified atom stereocenters. The highest BCUT2D eigenvalue weighted by Crippen LogP contribution is 2.26. The van der Waals surface area contributed by atoms with Crippen molar-refractivity contribution in [2.75, 3.05) is 32.8 Å². The molecule has 1 fully saturated rings. The molecule has 164 valence electrons. The number of benzene rings is 1. The van der Waals surface area contributed by atoms with Crippen molar-refractivity contribution in [2.45, 2.75) is 17.2 Å². The summed E-state index contributed by atoms with van der Waals surface area (Å²) in [6.07, 6.45) is 3.34. The van der Waals surface area contributed by atoms with Crippen LogP contribution in [0.25, 0.3) is 11.4 Å². The third-order valence-corrected chi connectivity index (χ3v) is 6.91. The van der Waals surface area contributed by atoms with Crippen molar-refractivity contribution in [1.82, 2.24) is 19.7 Å². The molecule has 0 radical (unpaired) electrons. The molecule has 0 saturated carbocycles. The van der Waals surface area contributed by atoms with Gasteiger partial charge in [0.15, 0.2) is 9.84 Å². The van der Waals surface area contributed by atoms with Crippen molar-refractivity contribution in [3.8, 4) is 11.4 Å². The van der Waals surface area contributed by atoms with E-state index in [4.69, 9.17) is 4.74 Å². The number of aromatic amines is 1. The molecule has 11 heteroatoms. The molecule has 4 rings (SSSR count). The Labute approximate surface area is 179 Å². The number of rotatable bonds is 8. The standard InChI is InChI=1S/C20H23N5O5S/c26-25(27)17-3-1-16(2-4-17)15-31(28,29)18-13-20(19-5-6-21-22-19)24(14-18)8-7-23-9-11-30-12-10-23/h1-6,13-14H,7-12,15H2,(H,21,22). The maximum absolute atomic E-state index is 13.1. The molecule has 3 aromatic rings. The fourth-order valence-corrected chi connectivity index (χ4v) is 4.92. The summed E-state index contributed by atoms with van der Waals surface area (Å²) in [4.78, 5) is 12.8. The van der Waals surface area contributed by atoms with Gasteiger partial charge in [0.2, 0.25) is 0 Å². The minimum Gasteiger partial charge on any atom is -0.379 e. The van der Waals surface area contributed by atoms with Crippen LogP contribution in [0, 0.1) is 10.1 Å². The Kier molecular flexibility index (Phi) is 6.16. The molecule has 2 aromatic heterocycles. The number of hydrogen-bond acceptors (Lipinski definition) is 7. The molecule has 0 aliphatic carbocycles.